The molecule has 236 valence electrons. The Morgan fingerprint density at radius 3 is 2.81 bits per heavy atom. The van der Waals surface area contributed by atoms with Crippen molar-refractivity contribution in [3.8, 4) is 0 Å². The molecule has 43 heavy (non-hydrogen) atoms. The van der Waals surface area contributed by atoms with E-state index >= 15 is 0 Å². The minimum atomic E-state index is -4.50. The van der Waals surface area contributed by atoms with E-state index in [1.54, 1.807) is 23.0 Å². The zero-order valence-electron chi connectivity index (χ0n) is 24.8. The van der Waals surface area contributed by atoms with E-state index in [0.717, 1.165) is 44.7 Å². The first kappa shape index (κ1) is 30.5. The summed E-state index contributed by atoms with van der Waals surface area (Å²) in [4.78, 5) is 37.6. The van der Waals surface area contributed by atoms with Crippen LogP contribution in [0.15, 0.2) is 24.4 Å². The fourth-order valence-corrected chi connectivity index (χ4v) is 7.88. The van der Waals surface area contributed by atoms with Crippen molar-refractivity contribution in [3.63, 3.8) is 0 Å². The normalized spacial score (nSPS) is 31.5. The van der Waals surface area contributed by atoms with Gasteiger partial charge in [0.05, 0.1) is 23.7 Å². The molecule has 5 heterocycles. The van der Waals surface area contributed by atoms with Gasteiger partial charge in [0.2, 0.25) is 11.8 Å². The first-order chi connectivity index (χ1) is 20.7. The van der Waals surface area contributed by atoms with Crippen LogP contribution in [0, 0.1) is 11.3 Å². The molecule has 5 atom stereocenters. The number of ether oxygens (including phenoxy) is 2. The number of halogens is 3. The molecule has 0 bridgehead atoms. The first-order valence-corrected chi connectivity index (χ1v) is 15.5. The molecule has 4 aliphatic heterocycles. The number of hydrogen-bond acceptors (Lipinski definition) is 7. The highest BCUT2D eigenvalue weighted by atomic mass is 19.4. The molecule has 1 aromatic rings. The second-order valence-corrected chi connectivity index (χ2v) is 12.8. The number of amides is 2. The van der Waals surface area contributed by atoms with Crippen molar-refractivity contribution in [1.82, 2.24) is 25.0 Å². The lowest BCUT2D eigenvalue weighted by Gasteiger charge is -2.37. The van der Waals surface area contributed by atoms with Crippen LogP contribution in [0.5, 0.6) is 0 Å². The summed E-state index contributed by atoms with van der Waals surface area (Å²) in [5.41, 5.74) is -0.551. The van der Waals surface area contributed by atoms with E-state index in [0.29, 0.717) is 56.9 Å². The number of nitrogens with one attached hydrogen (secondary N) is 1. The van der Waals surface area contributed by atoms with Crippen LogP contribution in [-0.4, -0.2) is 109 Å². The fraction of sp³-hybridized carbons (Fsp3) is 0.710. The van der Waals surface area contributed by atoms with Gasteiger partial charge in [0.15, 0.2) is 0 Å². The molecule has 0 radical (unpaired) electrons. The third-order valence-corrected chi connectivity index (χ3v) is 10.1. The van der Waals surface area contributed by atoms with Crippen LogP contribution in [0.3, 0.4) is 0 Å². The van der Waals surface area contributed by atoms with E-state index in [-0.39, 0.29) is 42.5 Å². The molecule has 5 aliphatic rings. The summed E-state index contributed by atoms with van der Waals surface area (Å²) in [5.74, 6) is -0.205. The number of carbonyl (C=O) groups is 2. The number of rotatable bonds is 7. The van der Waals surface area contributed by atoms with Crippen molar-refractivity contribution in [2.45, 2.75) is 69.4 Å². The number of carbonyl (C=O) groups excluding carboxylic acids is 2. The van der Waals surface area contributed by atoms with E-state index in [1.165, 1.54) is 12.8 Å². The molecule has 2 amide bonds. The predicted molar refractivity (Wildman–Crippen MR) is 152 cm³/mol. The first-order valence-electron chi connectivity index (χ1n) is 15.5. The average molecular weight is 606 g/mol. The van der Waals surface area contributed by atoms with Gasteiger partial charge in [0, 0.05) is 82.9 Å². The molecule has 3 saturated heterocycles. The third kappa shape index (κ3) is 6.34. The van der Waals surface area contributed by atoms with Gasteiger partial charge in [0.25, 0.3) is 0 Å². The van der Waals surface area contributed by atoms with Crippen molar-refractivity contribution < 1.29 is 32.2 Å². The number of fused-ring (bicyclic) bond motifs is 2. The molecule has 9 nitrogen and oxygen atoms in total. The van der Waals surface area contributed by atoms with Gasteiger partial charge in [0.1, 0.15) is 0 Å². The zero-order valence-corrected chi connectivity index (χ0v) is 24.8. The van der Waals surface area contributed by atoms with Crippen molar-refractivity contribution in [2.24, 2.45) is 11.3 Å². The number of hydrogen-bond donors (Lipinski definition) is 1. The van der Waals surface area contributed by atoms with Gasteiger partial charge >= 0.3 is 6.18 Å². The van der Waals surface area contributed by atoms with Gasteiger partial charge in [-0.15, -0.1) is 0 Å². The summed E-state index contributed by atoms with van der Waals surface area (Å²) >= 11 is 0. The Kier molecular flexibility index (Phi) is 8.83. The SMILES string of the molecule is COC1COCCC1N[C@@H]1C[C@H]2CN(C(=O)/C=C/CN3CCCC3)C[C@@]2(C(=O)N2CCc3ncc(C(F)(F)F)cc3C2)C1. The second kappa shape index (κ2) is 12.5. The summed E-state index contributed by atoms with van der Waals surface area (Å²) in [6, 6.07) is 1.30. The molecule has 1 aromatic heterocycles. The van der Waals surface area contributed by atoms with Gasteiger partial charge in [-0.1, -0.05) is 6.08 Å². The summed E-state index contributed by atoms with van der Waals surface area (Å²) < 4.78 is 51.5. The Balaban J connectivity index is 1.20. The van der Waals surface area contributed by atoms with Crippen LogP contribution in [0.2, 0.25) is 0 Å². The maximum atomic E-state index is 14.5. The van der Waals surface area contributed by atoms with E-state index in [1.807, 2.05) is 6.08 Å². The van der Waals surface area contributed by atoms with Gasteiger partial charge in [-0.2, -0.15) is 13.2 Å². The van der Waals surface area contributed by atoms with E-state index < -0.39 is 17.2 Å². The smallest absolute Gasteiger partial charge is 0.379 e. The molecular formula is C31H42F3N5O4. The highest BCUT2D eigenvalue weighted by molar-refractivity contribution is 5.90. The Morgan fingerprint density at radius 1 is 1.23 bits per heavy atom. The topological polar surface area (TPSA) is 87.2 Å². The minimum Gasteiger partial charge on any atom is -0.379 e. The summed E-state index contributed by atoms with van der Waals surface area (Å²) in [6.07, 6.45) is 4.75. The Labute approximate surface area is 250 Å². The summed E-state index contributed by atoms with van der Waals surface area (Å²) in [5, 5.41) is 3.75. The average Bonchev–Trinajstić information content (AvgIpc) is 3.72. The highest BCUT2D eigenvalue weighted by Crippen LogP contribution is 2.51. The fourth-order valence-electron chi connectivity index (χ4n) is 7.88. The standard InChI is InChI=1S/C31H42F3N5O4/c1-42-27-19-43-12-7-26(27)36-24-14-23-18-39(28(40)5-4-10-37-8-2-3-9-37)20-30(23,15-24)29(41)38-11-6-25-21(17-38)13-22(16-35-25)31(32,33)34/h4-5,13,16,23-24,26-27,36H,2-3,6-12,14-15,17-20H2,1H3/b5-4+/t23-,24+,26?,27?,30-/m0/s1. The van der Waals surface area contributed by atoms with E-state index in [9.17, 15) is 22.8 Å². The van der Waals surface area contributed by atoms with Crippen LogP contribution in [0.1, 0.15) is 48.9 Å². The molecule has 0 spiro atoms. The lowest BCUT2D eigenvalue weighted by atomic mass is 9.78. The highest BCUT2D eigenvalue weighted by Gasteiger charge is 2.59. The molecule has 4 fully saturated rings. The maximum Gasteiger partial charge on any atom is 0.417 e. The summed E-state index contributed by atoms with van der Waals surface area (Å²) in [7, 11) is 1.68. The molecule has 2 unspecified atom stereocenters. The molecule has 6 rings (SSSR count). The molecule has 1 N–H and O–H groups in total. The Bertz CT molecular complexity index is 1220. The number of methoxy groups -OCH3 is 1. The van der Waals surface area contributed by atoms with Crippen LogP contribution in [-0.2, 0) is 38.2 Å². The van der Waals surface area contributed by atoms with Crippen LogP contribution < -0.4 is 5.32 Å². The van der Waals surface area contributed by atoms with Crippen LogP contribution in [0.25, 0.3) is 0 Å². The van der Waals surface area contributed by atoms with Crippen LogP contribution >= 0.6 is 0 Å². The summed E-state index contributed by atoms with van der Waals surface area (Å²) in [6.45, 7) is 5.28. The predicted octanol–water partition coefficient (Wildman–Crippen LogP) is 2.64. The largest absolute Gasteiger partial charge is 0.417 e. The third-order valence-electron chi connectivity index (χ3n) is 10.1. The number of aromatic nitrogens is 1. The second-order valence-electron chi connectivity index (χ2n) is 12.8. The number of alkyl halides is 3. The molecular weight excluding hydrogens is 563 g/mol. The lowest BCUT2D eigenvalue weighted by molar-refractivity contribution is -0.144. The van der Waals surface area contributed by atoms with Gasteiger partial charge in [-0.05, 0) is 62.7 Å². The quantitative estimate of drug-likeness (QED) is 0.479. The minimum absolute atomic E-state index is 0.0460. The molecule has 1 aliphatic carbocycles. The Hall–Kier alpha value is -2.54. The molecule has 1 saturated carbocycles. The van der Waals surface area contributed by atoms with E-state index in [2.05, 4.69) is 15.2 Å². The Morgan fingerprint density at radius 2 is 2.05 bits per heavy atom. The van der Waals surface area contributed by atoms with Crippen molar-refractivity contribution in [1.29, 1.82) is 0 Å². The monoisotopic (exact) mass is 605 g/mol. The van der Waals surface area contributed by atoms with Crippen LogP contribution in [0.4, 0.5) is 13.2 Å². The molecule has 0 aromatic carbocycles. The van der Waals surface area contributed by atoms with Gasteiger partial charge < -0.3 is 24.6 Å². The maximum absolute atomic E-state index is 14.5. The number of likely N-dealkylation sites (tertiary alicyclic amines) is 2. The van der Waals surface area contributed by atoms with E-state index in [4.69, 9.17) is 9.47 Å². The number of nitrogens with zero attached hydrogens (tertiary/aromatic N) is 4. The molecule has 12 heteroatoms. The number of pyridine rings is 1. The lowest BCUT2D eigenvalue weighted by Crippen LogP contribution is -2.52. The van der Waals surface area contributed by atoms with Crippen molar-refractivity contribution in [2.75, 3.05) is 59.6 Å². The van der Waals surface area contributed by atoms with Gasteiger partial charge in [-0.25, -0.2) is 0 Å². The van der Waals surface area contributed by atoms with Crippen molar-refractivity contribution in [3.05, 3.63) is 41.2 Å². The van der Waals surface area contributed by atoms with Crippen molar-refractivity contribution >= 4 is 11.8 Å². The zero-order chi connectivity index (χ0) is 30.2. The van der Waals surface area contributed by atoms with Gasteiger partial charge in [-0.3, -0.25) is 19.5 Å².